The molecule has 3 aromatic rings. The van der Waals surface area contributed by atoms with Crippen molar-refractivity contribution in [2.24, 2.45) is 5.41 Å². The normalized spacial score (nSPS) is 15.1. The summed E-state index contributed by atoms with van der Waals surface area (Å²) in [6.45, 7) is 0.447. The van der Waals surface area contributed by atoms with Crippen molar-refractivity contribution in [1.82, 2.24) is 15.6 Å². The maximum atomic E-state index is 12.9. The first kappa shape index (κ1) is 21.2. The van der Waals surface area contributed by atoms with Crippen LogP contribution in [0, 0.1) is 5.41 Å². The van der Waals surface area contributed by atoms with Gasteiger partial charge in [0.1, 0.15) is 17.8 Å². The Morgan fingerprint density at radius 1 is 0.750 bits per heavy atom. The Balaban J connectivity index is 1.49. The van der Waals surface area contributed by atoms with Gasteiger partial charge in [-0.05, 0) is 60.2 Å². The van der Waals surface area contributed by atoms with Crippen molar-refractivity contribution >= 4 is 17.8 Å². The number of carbonyl (C=O) groups excluding carboxylic acids is 3. The molecular formula is C25H23N3O4. The molecule has 162 valence electrons. The van der Waals surface area contributed by atoms with Crippen molar-refractivity contribution in [3.8, 4) is 5.75 Å². The molecule has 1 aromatic heterocycles. The molecule has 0 spiro atoms. The number of aryl methyl sites for hydroxylation is 1. The van der Waals surface area contributed by atoms with Crippen LogP contribution in [-0.4, -0.2) is 22.8 Å². The molecule has 7 nitrogen and oxygen atoms in total. The molecule has 2 heterocycles. The molecule has 0 unspecified atom stereocenters. The summed E-state index contributed by atoms with van der Waals surface area (Å²) in [5.41, 5.74) is 1.43. The second kappa shape index (κ2) is 9.43. The summed E-state index contributed by atoms with van der Waals surface area (Å²) in [4.78, 5) is 41.4. The van der Waals surface area contributed by atoms with Gasteiger partial charge in [0.05, 0.1) is 0 Å². The zero-order valence-electron chi connectivity index (χ0n) is 17.4. The van der Waals surface area contributed by atoms with E-state index in [1.54, 1.807) is 12.4 Å². The summed E-state index contributed by atoms with van der Waals surface area (Å²) >= 11 is 0. The lowest BCUT2D eigenvalue weighted by atomic mass is 9.74. The third-order valence-corrected chi connectivity index (χ3v) is 5.59. The summed E-state index contributed by atoms with van der Waals surface area (Å²) in [6, 6.07) is 20.1. The summed E-state index contributed by atoms with van der Waals surface area (Å²) in [5.74, 6) is -0.467. The molecule has 7 heteroatoms. The number of benzene rings is 2. The third-order valence-electron chi connectivity index (χ3n) is 5.59. The first-order chi connectivity index (χ1) is 15.5. The minimum Gasteiger partial charge on any atom is -0.489 e. The third kappa shape index (κ3) is 4.83. The molecule has 1 aliphatic heterocycles. The van der Waals surface area contributed by atoms with E-state index < -0.39 is 23.3 Å². The van der Waals surface area contributed by atoms with Crippen molar-refractivity contribution in [1.29, 1.82) is 0 Å². The largest absolute Gasteiger partial charge is 0.489 e. The topological polar surface area (TPSA) is 97.4 Å². The number of pyridine rings is 1. The SMILES string of the molecule is O=C1NC(=O)C(CCc2ccncc2)(Cc2ccc(OCc3ccccc3)cc2)C(=O)N1. The molecule has 1 fully saturated rings. The molecule has 0 bridgehead atoms. The number of hydrogen-bond acceptors (Lipinski definition) is 5. The summed E-state index contributed by atoms with van der Waals surface area (Å²) in [6.07, 6.45) is 4.26. The Bertz CT molecular complexity index is 1080. The average Bonchev–Trinajstić information content (AvgIpc) is 2.81. The van der Waals surface area contributed by atoms with E-state index in [2.05, 4.69) is 15.6 Å². The second-order valence-electron chi connectivity index (χ2n) is 7.77. The lowest BCUT2D eigenvalue weighted by molar-refractivity contribution is -0.144. The van der Waals surface area contributed by atoms with Gasteiger partial charge in [0.15, 0.2) is 0 Å². The Morgan fingerprint density at radius 2 is 1.41 bits per heavy atom. The average molecular weight is 429 g/mol. The fraction of sp³-hybridized carbons (Fsp3) is 0.200. The summed E-state index contributed by atoms with van der Waals surface area (Å²) < 4.78 is 5.81. The van der Waals surface area contributed by atoms with Crippen LogP contribution in [0.1, 0.15) is 23.1 Å². The van der Waals surface area contributed by atoms with E-state index in [0.717, 1.165) is 16.7 Å². The monoisotopic (exact) mass is 429 g/mol. The molecule has 0 aliphatic carbocycles. The number of hydrogen-bond donors (Lipinski definition) is 2. The van der Waals surface area contributed by atoms with E-state index >= 15 is 0 Å². The van der Waals surface area contributed by atoms with Crippen molar-refractivity contribution in [2.75, 3.05) is 0 Å². The van der Waals surface area contributed by atoms with E-state index in [1.807, 2.05) is 66.7 Å². The highest BCUT2D eigenvalue weighted by Crippen LogP contribution is 2.32. The van der Waals surface area contributed by atoms with Gasteiger partial charge >= 0.3 is 6.03 Å². The number of aromatic nitrogens is 1. The van der Waals surface area contributed by atoms with Gasteiger partial charge < -0.3 is 4.74 Å². The highest BCUT2D eigenvalue weighted by atomic mass is 16.5. The number of barbiturate groups is 1. The first-order valence-corrected chi connectivity index (χ1v) is 10.4. The number of nitrogens with zero attached hydrogens (tertiary/aromatic N) is 1. The molecule has 32 heavy (non-hydrogen) atoms. The zero-order valence-corrected chi connectivity index (χ0v) is 17.4. The number of amides is 4. The van der Waals surface area contributed by atoms with Gasteiger partial charge in [-0.15, -0.1) is 0 Å². The van der Waals surface area contributed by atoms with E-state index in [9.17, 15) is 14.4 Å². The molecule has 1 saturated heterocycles. The van der Waals surface area contributed by atoms with E-state index in [1.165, 1.54) is 0 Å². The lowest BCUT2D eigenvalue weighted by Crippen LogP contribution is -2.63. The Morgan fingerprint density at radius 3 is 2.06 bits per heavy atom. The summed E-state index contributed by atoms with van der Waals surface area (Å²) in [5, 5.41) is 4.52. The van der Waals surface area contributed by atoms with Gasteiger partial charge in [-0.25, -0.2) is 4.79 Å². The highest BCUT2D eigenvalue weighted by molar-refractivity contribution is 6.19. The predicted octanol–water partition coefficient (Wildman–Crippen LogP) is 3.19. The minimum atomic E-state index is -1.39. The fourth-order valence-electron chi connectivity index (χ4n) is 3.76. The number of urea groups is 1. The molecular weight excluding hydrogens is 406 g/mol. The number of ether oxygens (including phenoxy) is 1. The van der Waals surface area contributed by atoms with Gasteiger partial charge in [-0.2, -0.15) is 0 Å². The number of imide groups is 2. The molecule has 4 rings (SSSR count). The predicted molar refractivity (Wildman–Crippen MR) is 118 cm³/mol. The maximum absolute atomic E-state index is 12.9. The van der Waals surface area contributed by atoms with Gasteiger partial charge in [-0.3, -0.25) is 25.2 Å². The second-order valence-corrected chi connectivity index (χ2v) is 7.77. The minimum absolute atomic E-state index is 0.169. The van der Waals surface area contributed by atoms with Gasteiger partial charge in [0, 0.05) is 12.4 Å². The van der Waals surface area contributed by atoms with Crippen LogP contribution in [-0.2, 0) is 29.0 Å². The van der Waals surface area contributed by atoms with Gasteiger partial charge in [0.25, 0.3) is 0 Å². The number of nitrogens with one attached hydrogen (secondary N) is 2. The Labute approximate surface area is 185 Å². The molecule has 2 N–H and O–H groups in total. The van der Waals surface area contributed by atoms with Crippen molar-refractivity contribution < 1.29 is 19.1 Å². The lowest BCUT2D eigenvalue weighted by Gasteiger charge is -2.34. The molecule has 1 aliphatic rings. The summed E-state index contributed by atoms with van der Waals surface area (Å²) in [7, 11) is 0. The van der Waals surface area contributed by atoms with E-state index in [-0.39, 0.29) is 12.8 Å². The van der Waals surface area contributed by atoms with E-state index in [0.29, 0.717) is 18.8 Å². The maximum Gasteiger partial charge on any atom is 0.328 e. The molecule has 0 radical (unpaired) electrons. The molecule has 0 atom stereocenters. The molecule has 0 saturated carbocycles. The molecule has 2 aromatic carbocycles. The molecule has 4 amide bonds. The highest BCUT2D eigenvalue weighted by Gasteiger charge is 2.49. The van der Waals surface area contributed by atoms with Crippen LogP contribution < -0.4 is 15.4 Å². The van der Waals surface area contributed by atoms with Gasteiger partial charge in [0.2, 0.25) is 11.8 Å². The van der Waals surface area contributed by atoms with E-state index in [4.69, 9.17) is 4.74 Å². The van der Waals surface area contributed by atoms with Crippen LogP contribution in [0.15, 0.2) is 79.1 Å². The van der Waals surface area contributed by atoms with Crippen LogP contribution in [0.2, 0.25) is 0 Å². The number of rotatable bonds is 8. The standard InChI is InChI=1S/C25H23N3O4/c29-22-25(23(30)28-24(31)27-22,13-10-18-11-14-26-15-12-18)16-19-6-8-21(9-7-19)32-17-20-4-2-1-3-5-20/h1-9,11-12,14-15H,10,13,16-17H2,(H2,27,28,29,30,31). The van der Waals surface area contributed by atoms with Crippen LogP contribution in [0.3, 0.4) is 0 Å². The smallest absolute Gasteiger partial charge is 0.328 e. The zero-order chi connectivity index (χ0) is 22.4. The van der Waals surface area contributed by atoms with Gasteiger partial charge in [-0.1, -0.05) is 42.5 Å². The van der Waals surface area contributed by atoms with Crippen molar-refractivity contribution in [3.05, 3.63) is 95.8 Å². The Hall–Kier alpha value is -4.00. The van der Waals surface area contributed by atoms with Crippen molar-refractivity contribution in [2.45, 2.75) is 25.9 Å². The van der Waals surface area contributed by atoms with Crippen molar-refractivity contribution in [3.63, 3.8) is 0 Å². The number of carbonyl (C=O) groups is 3. The fourth-order valence-corrected chi connectivity index (χ4v) is 3.76. The van der Waals surface area contributed by atoms with Crippen LogP contribution in [0.25, 0.3) is 0 Å². The first-order valence-electron chi connectivity index (χ1n) is 10.4. The van der Waals surface area contributed by atoms with Crippen LogP contribution in [0.5, 0.6) is 5.75 Å². The quantitative estimate of drug-likeness (QED) is 0.536. The Kier molecular flexibility index (Phi) is 6.26. The van der Waals surface area contributed by atoms with Crippen LogP contribution >= 0.6 is 0 Å². The van der Waals surface area contributed by atoms with Crippen LogP contribution in [0.4, 0.5) is 4.79 Å².